The first-order valence-electron chi connectivity index (χ1n) is 3.85. The lowest BCUT2D eigenvalue weighted by atomic mass is 10.2. The van der Waals surface area contributed by atoms with Crippen molar-refractivity contribution in [2.45, 2.75) is 4.90 Å². The van der Waals surface area contributed by atoms with Crippen LogP contribution in [-0.2, 0) is 15.0 Å². The molecule has 0 amide bonds. The molecule has 1 aromatic rings. The van der Waals surface area contributed by atoms with E-state index in [0.717, 1.165) is 18.2 Å². The van der Waals surface area contributed by atoms with E-state index in [-0.39, 0.29) is 0 Å². The number of aliphatic carboxylic acids is 1. The zero-order valence-corrected chi connectivity index (χ0v) is 8.24. The van der Waals surface area contributed by atoms with Crippen molar-refractivity contribution in [3.63, 3.8) is 0 Å². The summed E-state index contributed by atoms with van der Waals surface area (Å²) in [6, 6.07) is 4.76. The van der Waals surface area contributed by atoms with Crippen LogP contribution in [0.4, 0.5) is 3.89 Å². The Balaban J connectivity index is 2.96. The molecule has 0 heterocycles. The molecular formula is C9H7FO4S. The van der Waals surface area contributed by atoms with Crippen LogP contribution in [-0.4, -0.2) is 19.5 Å². The lowest BCUT2D eigenvalue weighted by molar-refractivity contribution is -0.131. The fourth-order valence-corrected chi connectivity index (χ4v) is 1.37. The molecule has 0 bridgehead atoms. The molecule has 0 aliphatic heterocycles. The minimum atomic E-state index is -4.69. The number of halogens is 1. The van der Waals surface area contributed by atoms with Crippen LogP contribution >= 0.6 is 0 Å². The number of carbonyl (C=O) groups is 1. The van der Waals surface area contributed by atoms with Gasteiger partial charge < -0.3 is 5.11 Å². The highest BCUT2D eigenvalue weighted by molar-refractivity contribution is 7.86. The van der Waals surface area contributed by atoms with E-state index < -0.39 is 21.1 Å². The minimum Gasteiger partial charge on any atom is -0.478 e. The predicted molar refractivity (Wildman–Crippen MR) is 51.4 cm³/mol. The summed E-state index contributed by atoms with van der Waals surface area (Å²) >= 11 is 0. The van der Waals surface area contributed by atoms with Crippen molar-refractivity contribution in [3.8, 4) is 0 Å². The number of carboxylic acid groups (broad SMARTS) is 1. The van der Waals surface area contributed by atoms with Crippen molar-refractivity contribution < 1.29 is 22.2 Å². The quantitative estimate of drug-likeness (QED) is 0.630. The van der Waals surface area contributed by atoms with Crippen LogP contribution in [0.3, 0.4) is 0 Å². The average Bonchev–Trinajstić information content (AvgIpc) is 2.14. The molecular weight excluding hydrogens is 223 g/mol. The first kappa shape index (κ1) is 11.4. The smallest absolute Gasteiger partial charge is 0.332 e. The van der Waals surface area contributed by atoms with E-state index >= 15 is 0 Å². The van der Waals surface area contributed by atoms with Gasteiger partial charge in [0.1, 0.15) is 0 Å². The molecule has 0 spiro atoms. The summed E-state index contributed by atoms with van der Waals surface area (Å²) in [4.78, 5) is 9.71. The molecule has 0 saturated carbocycles. The van der Waals surface area contributed by atoms with Gasteiger partial charge in [-0.25, -0.2) is 4.79 Å². The van der Waals surface area contributed by atoms with E-state index in [9.17, 15) is 17.1 Å². The molecule has 0 unspecified atom stereocenters. The fraction of sp³-hybridized carbons (Fsp3) is 0. The standard InChI is InChI=1S/C9H7FO4S/c10-15(13,14)8-4-1-7(2-5-8)3-6-9(11)12/h1-6H,(H,11,12). The van der Waals surface area contributed by atoms with Gasteiger partial charge in [0.05, 0.1) is 4.90 Å². The van der Waals surface area contributed by atoms with Crippen molar-refractivity contribution >= 4 is 22.3 Å². The second-order valence-electron chi connectivity index (χ2n) is 2.68. The van der Waals surface area contributed by atoms with Gasteiger partial charge in [-0.3, -0.25) is 0 Å². The fourth-order valence-electron chi connectivity index (χ4n) is 0.909. The summed E-state index contributed by atoms with van der Waals surface area (Å²) in [7, 11) is -4.69. The molecule has 1 rings (SSSR count). The maximum absolute atomic E-state index is 12.4. The summed E-state index contributed by atoms with van der Waals surface area (Å²) in [6.07, 6.45) is 2.18. The summed E-state index contributed by atoms with van der Waals surface area (Å²) in [6.45, 7) is 0. The zero-order chi connectivity index (χ0) is 11.5. The molecule has 0 aliphatic rings. The highest BCUT2D eigenvalue weighted by Crippen LogP contribution is 2.13. The summed E-state index contributed by atoms with van der Waals surface area (Å²) in [5, 5.41) is 8.32. The number of hydrogen-bond acceptors (Lipinski definition) is 3. The van der Waals surface area contributed by atoms with Gasteiger partial charge in [-0.05, 0) is 23.8 Å². The van der Waals surface area contributed by atoms with Gasteiger partial charge in [-0.2, -0.15) is 8.42 Å². The Bertz CT molecular complexity index is 487. The monoisotopic (exact) mass is 230 g/mol. The molecule has 15 heavy (non-hydrogen) atoms. The highest BCUT2D eigenvalue weighted by Gasteiger charge is 2.10. The van der Waals surface area contributed by atoms with E-state index in [2.05, 4.69) is 0 Å². The predicted octanol–water partition coefficient (Wildman–Crippen LogP) is 1.44. The van der Waals surface area contributed by atoms with Gasteiger partial charge in [0.2, 0.25) is 0 Å². The topological polar surface area (TPSA) is 71.4 Å². The number of hydrogen-bond donors (Lipinski definition) is 1. The molecule has 80 valence electrons. The van der Waals surface area contributed by atoms with Gasteiger partial charge in [-0.15, -0.1) is 3.89 Å². The van der Waals surface area contributed by atoms with Gasteiger partial charge >= 0.3 is 16.2 Å². The van der Waals surface area contributed by atoms with Crippen LogP contribution in [0.1, 0.15) is 5.56 Å². The normalized spacial score (nSPS) is 11.8. The lowest BCUT2D eigenvalue weighted by Crippen LogP contribution is -1.91. The van der Waals surface area contributed by atoms with E-state index in [1.807, 2.05) is 0 Å². The molecule has 0 fully saturated rings. The van der Waals surface area contributed by atoms with Crippen LogP contribution in [0.25, 0.3) is 6.08 Å². The minimum absolute atomic E-state index is 0.449. The van der Waals surface area contributed by atoms with Gasteiger partial charge in [0.25, 0.3) is 0 Å². The molecule has 4 nitrogen and oxygen atoms in total. The Labute approximate surface area is 85.9 Å². The Morgan fingerprint density at radius 2 is 1.80 bits per heavy atom. The Hall–Kier alpha value is -1.69. The van der Waals surface area contributed by atoms with Crippen molar-refractivity contribution in [2.75, 3.05) is 0 Å². The lowest BCUT2D eigenvalue weighted by Gasteiger charge is -1.95. The third-order valence-electron chi connectivity index (χ3n) is 1.58. The van der Waals surface area contributed by atoms with Crippen molar-refractivity contribution in [3.05, 3.63) is 35.9 Å². The molecule has 0 saturated heterocycles. The second kappa shape index (κ2) is 4.22. The molecule has 0 aromatic heterocycles. The maximum atomic E-state index is 12.4. The third kappa shape index (κ3) is 3.51. The van der Waals surface area contributed by atoms with E-state index in [1.54, 1.807) is 0 Å². The largest absolute Gasteiger partial charge is 0.478 e. The Morgan fingerprint density at radius 1 is 1.27 bits per heavy atom. The van der Waals surface area contributed by atoms with Crippen molar-refractivity contribution in [1.29, 1.82) is 0 Å². The van der Waals surface area contributed by atoms with Crippen LogP contribution in [0, 0.1) is 0 Å². The molecule has 0 atom stereocenters. The van der Waals surface area contributed by atoms with Crippen LogP contribution < -0.4 is 0 Å². The van der Waals surface area contributed by atoms with E-state index in [4.69, 9.17) is 5.11 Å². The zero-order valence-electron chi connectivity index (χ0n) is 7.42. The number of rotatable bonds is 3. The van der Waals surface area contributed by atoms with Crippen LogP contribution in [0.2, 0.25) is 0 Å². The Morgan fingerprint density at radius 3 is 2.20 bits per heavy atom. The first-order valence-corrected chi connectivity index (χ1v) is 5.24. The Kier molecular flexibility index (Phi) is 3.21. The summed E-state index contributed by atoms with van der Waals surface area (Å²) < 4.78 is 33.3. The number of carboxylic acids is 1. The van der Waals surface area contributed by atoms with E-state index in [0.29, 0.717) is 5.56 Å². The summed E-state index contributed by atoms with van der Waals surface area (Å²) in [5.74, 6) is -1.11. The second-order valence-corrected chi connectivity index (χ2v) is 4.03. The number of benzene rings is 1. The summed E-state index contributed by atoms with van der Waals surface area (Å²) in [5.41, 5.74) is 0.477. The van der Waals surface area contributed by atoms with E-state index in [1.165, 1.54) is 18.2 Å². The molecule has 0 aliphatic carbocycles. The highest BCUT2D eigenvalue weighted by atomic mass is 32.3. The maximum Gasteiger partial charge on any atom is 0.332 e. The van der Waals surface area contributed by atoms with Crippen molar-refractivity contribution in [2.24, 2.45) is 0 Å². The molecule has 0 radical (unpaired) electrons. The first-order chi connectivity index (χ1) is 6.89. The van der Waals surface area contributed by atoms with Gasteiger partial charge in [0, 0.05) is 6.08 Å². The van der Waals surface area contributed by atoms with Crippen LogP contribution in [0.5, 0.6) is 0 Å². The SMILES string of the molecule is O=C(O)C=Cc1ccc(S(=O)(=O)F)cc1. The third-order valence-corrected chi connectivity index (χ3v) is 2.42. The molecule has 1 N–H and O–H groups in total. The molecule has 6 heteroatoms. The van der Waals surface area contributed by atoms with Gasteiger partial charge in [0.15, 0.2) is 0 Å². The van der Waals surface area contributed by atoms with Gasteiger partial charge in [-0.1, -0.05) is 12.1 Å². The van der Waals surface area contributed by atoms with Crippen molar-refractivity contribution in [1.82, 2.24) is 0 Å². The average molecular weight is 230 g/mol. The van der Waals surface area contributed by atoms with Crippen LogP contribution in [0.15, 0.2) is 35.2 Å². The molecule has 1 aromatic carbocycles.